The minimum Gasteiger partial charge on any atom is -0.493 e. The Morgan fingerprint density at radius 1 is 0.833 bits per heavy atom. The van der Waals surface area contributed by atoms with Crippen molar-refractivity contribution in [1.82, 2.24) is 4.98 Å². The van der Waals surface area contributed by atoms with E-state index in [1.165, 1.54) is 11.1 Å². The van der Waals surface area contributed by atoms with Gasteiger partial charge in [-0.3, -0.25) is 0 Å². The van der Waals surface area contributed by atoms with Crippen molar-refractivity contribution in [2.75, 3.05) is 13.2 Å². The van der Waals surface area contributed by atoms with E-state index >= 15 is 0 Å². The summed E-state index contributed by atoms with van der Waals surface area (Å²) in [6.07, 6.45) is 0.828. The zero-order valence-corrected chi connectivity index (χ0v) is 14.5. The van der Waals surface area contributed by atoms with Gasteiger partial charge in [-0.2, -0.15) is 0 Å². The van der Waals surface area contributed by atoms with Gasteiger partial charge in [0.1, 0.15) is 17.0 Å². The third-order valence-electron chi connectivity index (χ3n) is 4.12. The average molecular weight is 321 g/mol. The van der Waals surface area contributed by atoms with E-state index in [0.29, 0.717) is 13.2 Å². The molecule has 0 aliphatic carbocycles. The fraction of sp³-hybridized carbons (Fsp3) is 0.286. The van der Waals surface area contributed by atoms with Crippen LogP contribution in [0, 0.1) is 20.8 Å². The Balaban J connectivity index is 1.53. The lowest BCUT2D eigenvalue weighted by Gasteiger charge is -2.11. The number of rotatable bonds is 6. The second-order valence-electron chi connectivity index (χ2n) is 6.08. The van der Waals surface area contributed by atoms with Gasteiger partial charge >= 0.3 is 0 Å². The molecule has 1 aromatic heterocycles. The van der Waals surface area contributed by atoms with E-state index in [1.807, 2.05) is 31.2 Å². The van der Waals surface area contributed by atoms with Crippen LogP contribution >= 0.6 is 0 Å². The van der Waals surface area contributed by atoms with Crippen molar-refractivity contribution in [1.29, 1.82) is 0 Å². The molecule has 3 nitrogen and oxygen atoms in total. The van der Waals surface area contributed by atoms with Crippen LogP contribution in [0.4, 0.5) is 0 Å². The first kappa shape index (κ1) is 16.3. The fourth-order valence-electron chi connectivity index (χ4n) is 2.57. The van der Waals surface area contributed by atoms with Crippen molar-refractivity contribution in [3.63, 3.8) is 0 Å². The molecule has 0 aliphatic heterocycles. The van der Waals surface area contributed by atoms with Crippen LogP contribution in [0.25, 0.3) is 10.9 Å². The Hall–Kier alpha value is -2.55. The van der Waals surface area contributed by atoms with E-state index in [-0.39, 0.29) is 0 Å². The minimum atomic E-state index is 0.611. The van der Waals surface area contributed by atoms with Gasteiger partial charge in [0.15, 0.2) is 0 Å². The van der Waals surface area contributed by atoms with Gasteiger partial charge in [0.25, 0.3) is 0 Å². The highest BCUT2D eigenvalue weighted by molar-refractivity contribution is 5.84. The highest BCUT2D eigenvalue weighted by atomic mass is 16.5. The minimum absolute atomic E-state index is 0.611. The normalized spacial score (nSPS) is 10.8. The van der Waals surface area contributed by atoms with Gasteiger partial charge in [-0.1, -0.05) is 24.3 Å². The van der Waals surface area contributed by atoms with E-state index in [9.17, 15) is 0 Å². The molecule has 0 unspecified atom stereocenters. The molecule has 2 aromatic carbocycles. The molecule has 3 heteroatoms. The number of fused-ring (bicyclic) bond motifs is 1. The van der Waals surface area contributed by atoms with Crippen LogP contribution in [-0.4, -0.2) is 18.2 Å². The number of para-hydroxylation sites is 1. The van der Waals surface area contributed by atoms with E-state index in [0.717, 1.165) is 34.5 Å². The maximum absolute atomic E-state index is 5.91. The quantitative estimate of drug-likeness (QED) is 0.598. The van der Waals surface area contributed by atoms with Crippen molar-refractivity contribution < 1.29 is 9.47 Å². The van der Waals surface area contributed by atoms with E-state index in [4.69, 9.17) is 9.47 Å². The Morgan fingerprint density at radius 2 is 1.67 bits per heavy atom. The number of hydrogen-bond acceptors (Lipinski definition) is 3. The molecule has 0 amide bonds. The predicted molar refractivity (Wildman–Crippen MR) is 98.0 cm³/mol. The zero-order valence-electron chi connectivity index (χ0n) is 14.5. The molecular formula is C21H23NO2. The summed E-state index contributed by atoms with van der Waals surface area (Å²) in [7, 11) is 0. The van der Waals surface area contributed by atoms with E-state index < -0.39 is 0 Å². The molecule has 0 radical (unpaired) electrons. The molecule has 0 bridgehead atoms. The van der Waals surface area contributed by atoms with Crippen molar-refractivity contribution in [3.05, 3.63) is 65.4 Å². The number of aromatic nitrogens is 1. The topological polar surface area (TPSA) is 31.4 Å². The Morgan fingerprint density at radius 3 is 2.50 bits per heavy atom. The fourth-order valence-corrected chi connectivity index (χ4v) is 2.57. The van der Waals surface area contributed by atoms with Gasteiger partial charge in [-0.05, 0) is 56.2 Å². The number of hydrogen-bond donors (Lipinski definition) is 0. The summed E-state index contributed by atoms with van der Waals surface area (Å²) in [6, 6.07) is 16.3. The molecular weight excluding hydrogens is 298 g/mol. The number of pyridine rings is 1. The standard InChI is InChI=1S/C21H23NO2/c1-15-8-11-19(14-16(15)2)23-12-5-13-24-20-7-4-6-18-10-9-17(3)22-21(18)20/h4,6-11,14H,5,12-13H2,1-3H3. The Kier molecular flexibility index (Phi) is 4.99. The summed E-state index contributed by atoms with van der Waals surface area (Å²) < 4.78 is 11.7. The third kappa shape index (κ3) is 3.85. The Labute approximate surface area is 143 Å². The van der Waals surface area contributed by atoms with Gasteiger partial charge in [-0.25, -0.2) is 4.98 Å². The maximum atomic E-state index is 5.91. The van der Waals surface area contributed by atoms with E-state index in [1.54, 1.807) is 0 Å². The molecule has 24 heavy (non-hydrogen) atoms. The molecule has 124 valence electrons. The molecule has 0 atom stereocenters. The number of aryl methyl sites for hydroxylation is 3. The lowest BCUT2D eigenvalue weighted by molar-refractivity contribution is 0.248. The molecule has 3 rings (SSSR count). The van der Waals surface area contributed by atoms with Gasteiger partial charge in [0.05, 0.1) is 13.2 Å². The second-order valence-corrected chi connectivity index (χ2v) is 6.08. The Bertz CT molecular complexity index is 842. The average Bonchev–Trinajstić information content (AvgIpc) is 2.58. The summed E-state index contributed by atoms with van der Waals surface area (Å²) in [5.41, 5.74) is 4.45. The summed E-state index contributed by atoms with van der Waals surface area (Å²) in [5, 5.41) is 1.10. The number of benzene rings is 2. The third-order valence-corrected chi connectivity index (χ3v) is 4.12. The largest absolute Gasteiger partial charge is 0.493 e. The molecule has 0 aliphatic rings. The van der Waals surface area contributed by atoms with Crippen LogP contribution in [-0.2, 0) is 0 Å². The van der Waals surface area contributed by atoms with Crippen molar-refractivity contribution in [2.24, 2.45) is 0 Å². The van der Waals surface area contributed by atoms with Gasteiger partial charge in [0.2, 0.25) is 0 Å². The molecule has 0 spiro atoms. The second kappa shape index (κ2) is 7.35. The molecule has 0 fully saturated rings. The summed E-state index contributed by atoms with van der Waals surface area (Å²) >= 11 is 0. The summed E-state index contributed by atoms with van der Waals surface area (Å²) in [4.78, 5) is 4.58. The van der Waals surface area contributed by atoms with Gasteiger partial charge in [-0.15, -0.1) is 0 Å². The van der Waals surface area contributed by atoms with Crippen molar-refractivity contribution in [3.8, 4) is 11.5 Å². The van der Waals surface area contributed by atoms with Gasteiger partial charge in [0, 0.05) is 17.5 Å². The summed E-state index contributed by atoms with van der Waals surface area (Å²) in [5.74, 6) is 1.75. The molecule has 0 saturated heterocycles. The van der Waals surface area contributed by atoms with Crippen LogP contribution < -0.4 is 9.47 Å². The first-order valence-electron chi connectivity index (χ1n) is 8.33. The lowest BCUT2D eigenvalue weighted by atomic mass is 10.1. The zero-order chi connectivity index (χ0) is 16.9. The molecule has 3 aromatic rings. The first-order chi connectivity index (χ1) is 11.6. The van der Waals surface area contributed by atoms with Crippen LogP contribution in [0.3, 0.4) is 0 Å². The highest BCUT2D eigenvalue weighted by Gasteiger charge is 2.04. The maximum Gasteiger partial charge on any atom is 0.145 e. The van der Waals surface area contributed by atoms with Crippen LogP contribution in [0.1, 0.15) is 23.2 Å². The first-order valence-corrected chi connectivity index (χ1v) is 8.33. The number of ether oxygens (including phenoxy) is 2. The smallest absolute Gasteiger partial charge is 0.145 e. The van der Waals surface area contributed by atoms with Crippen LogP contribution in [0.5, 0.6) is 11.5 Å². The summed E-state index contributed by atoms with van der Waals surface area (Å²) in [6.45, 7) is 7.45. The van der Waals surface area contributed by atoms with Crippen molar-refractivity contribution in [2.45, 2.75) is 27.2 Å². The van der Waals surface area contributed by atoms with E-state index in [2.05, 4.69) is 43.1 Å². The lowest BCUT2D eigenvalue weighted by Crippen LogP contribution is -2.05. The van der Waals surface area contributed by atoms with Crippen LogP contribution in [0.15, 0.2) is 48.5 Å². The highest BCUT2D eigenvalue weighted by Crippen LogP contribution is 2.24. The van der Waals surface area contributed by atoms with Crippen LogP contribution in [0.2, 0.25) is 0 Å². The predicted octanol–water partition coefficient (Wildman–Crippen LogP) is 5.01. The molecule has 0 N–H and O–H groups in total. The molecule has 1 heterocycles. The van der Waals surface area contributed by atoms with Crippen molar-refractivity contribution >= 4 is 10.9 Å². The monoisotopic (exact) mass is 321 g/mol. The SMILES string of the molecule is Cc1ccc2cccc(OCCCOc3ccc(C)c(C)c3)c2n1. The molecule has 0 saturated carbocycles. The van der Waals surface area contributed by atoms with Gasteiger partial charge < -0.3 is 9.47 Å². The number of nitrogens with zero attached hydrogens (tertiary/aromatic N) is 1.